The molecule has 0 aliphatic carbocycles. The Bertz CT molecular complexity index is 608. The van der Waals surface area contributed by atoms with Crippen LogP contribution in [0.15, 0.2) is 24.3 Å². The van der Waals surface area contributed by atoms with Crippen molar-refractivity contribution in [3.05, 3.63) is 41.3 Å². The third-order valence-electron chi connectivity index (χ3n) is 2.66. The summed E-state index contributed by atoms with van der Waals surface area (Å²) in [5, 5.41) is 18.3. The van der Waals surface area contributed by atoms with Crippen LogP contribution in [0, 0.1) is 5.82 Å². The number of aromatic amines is 1. The predicted molar refractivity (Wildman–Crippen MR) is 68.7 cm³/mol. The number of nitrogens with zero attached hydrogens (tertiary/aromatic N) is 1. The lowest BCUT2D eigenvalue weighted by Crippen LogP contribution is -2.13. The number of carbonyl (C=O) groups excluding carboxylic acids is 1. The minimum atomic E-state index is -0.780. The van der Waals surface area contributed by atoms with Gasteiger partial charge in [-0.2, -0.15) is 5.10 Å². The van der Waals surface area contributed by atoms with Crippen LogP contribution in [0.3, 0.4) is 0 Å². The summed E-state index contributed by atoms with van der Waals surface area (Å²) in [7, 11) is 0. The van der Waals surface area contributed by atoms with E-state index in [4.69, 9.17) is 5.11 Å². The maximum atomic E-state index is 13.5. The average Bonchev–Trinajstić information content (AvgIpc) is 2.77. The van der Waals surface area contributed by atoms with Crippen molar-refractivity contribution in [3.63, 3.8) is 0 Å². The van der Waals surface area contributed by atoms with Crippen LogP contribution >= 0.6 is 0 Å². The highest BCUT2D eigenvalue weighted by Crippen LogP contribution is 2.18. The van der Waals surface area contributed by atoms with Crippen LogP contribution in [-0.4, -0.2) is 21.2 Å². The summed E-state index contributed by atoms with van der Waals surface area (Å²) in [4.78, 5) is 11.8. The van der Waals surface area contributed by atoms with Gasteiger partial charge in [-0.25, -0.2) is 4.39 Å². The van der Waals surface area contributed by atoms with Gasteiger partial charge >= 0.3 is 0 Å². The van der Waals surface area contributed by atoms with E-state index < -0.39 is 11.7 Å². The molecule has 0 saturated carbocycles. The molecule has 5 nitrogen and oxygen atoms in total. The van der Waals surface area contributed by atoms with E-state index in [1.54, 1.807) is 6.07 Å². The standard InChI is InChI=1S/C13H14FN3O2/c1-7(2)11-6-12(17-16-11)15-13(19)9-4-3-8(18)5-10(9)14/h3-7,18H,1-2H3,(H2,15,16,17,19). The largest absolute Gasteiger partial charge is 0.508 e. The number of amides is 1. The van der Waals surface area contributed by atoms with Crippen molar-refractivity contribution in [3.8, 4) is 5.75 Å². The lowest BCUT2D eigenvalue weighted by molar-refractivity contribution is 0.102. The Kier molecular flexibility index (Phi) is 3.50. The Morgan fingerprint density at radius 1 is 1.42 bits per heavy atom. The topological polar surface area (TPSA) is 78.0 Å². The van der Waals surface area contributed by atoms with Gasteiger partial charge in [0.15, 0.2) is 5.82 Å². The molecule has 1 amide bonds. The van der Waals surface area contributed by atoms with Crippen molar-refractivity contribution < 1.29 is 14.3 Å². The Morgan fingerprint density at radius 3 is 2.74 bits per heavy atom. The number of aromatic hydroxyl groups is 1. The van der Waals surface area contributed by atoms with Gasteiger partial charge in [-0.15, -0.1) is 0 Å². The summed E-state index contributed by atoms with van der Waals surface area (Å²) in [5.41, 5.74) is 0.730. The number of nitrogens with one attached hydrogen (secondary N) is 2. The summed E-state index contributed by atoms with van der Waals surface area (Å²) >= 11 is 0. The fourth-order valence-corrected chi connectivity index (χ4v) is 1.57. The summed E-state index contributed by atoms with van der Waals surface area (Å²) < 4.78 is 13.5. The van der Waals surface area contributed by atoms with E-state index in [0.717, 1.165) is 11.8 Å². The highest BCUT2D eigenvalue weighted by atomic mass is 19.1. The molecular weight excluding hydrogens is 249 g/mol. The van der Waals surface area contributed by atoms with Crippen LogP contribution in [0.25, 0.3) is 0 Å². The molecule has 0 fully saturated rings. The SMILES string of the molecule is CC(C)c1cc(NC(=O)c2ccc(O)cc2F)n[nH]1. The Hall–Kier alpha value is -2.37. The Balaban J connectivity index is 2.16. The maximum absolute atomic E-state index is 13.5. The molecule has 2 rings (SSSR count). The van der Waals surface area contributed by atoms with Crippen molar-refractivity contribution >= 4 is 11.7 Å². The molecule has 0 bridgehead atoms. The van der Waals surface area contributed by atoms with Crippen molar-refractivity contribution in [1.29, 1.82) is 0 Å². The van der Waals surface area contributed by atoms with Gasteiger partial charge in [0, 0.05) is 17.8 Å². The normalized spacial score (nSPS) is 10.7. The first-order valence-corrected chi connectivity index (χ1v) is 5.82. The second kappa shape index (κ2) is 5.09. The number of rotatable bonds is 3. The van der Waals surface area contributed by atoms with Gasteiger partial charge in [0.1, 0.15) is 11.6 Å². The molecule has 0 aliphatic heterocycles. The molecule has 2 aromatic rings. The third-order valence-corrected chi connectivity index (χ3v) is 2.66. The third kappa shape index (κ3) is 2.90. The molecule has 0 radical (unpaired) electrons. The van der Waals surface area contributed by atoms with E-state index in [-0.39, 0.29) is 17.2 Å². The van der Waals surface area contributed by atoms with E-state index >= 15 is 0 Å². The van der Waals surface area contributed by atoms with E-state index in [1.807, 2.05) is 13.8 Å². The van der Waals surface area contributed by atoms with Crippen molar-refractivity contribution in [2.45, 2.75) is 19.8 Å². The Labute approximate surface area is 109 Å². The first-order chi connectivity index (χ1) is 8.97. The molecule has 1 heterocycles. The van der Waals surface area contributed by atoms with Gasteiger partial charge in [-0.05, 0) is 18.1 Å². The van der Waals surface area contributed by atoms with Crippen LogP contribution in [0.1, 0.15) is 35.8 Å². The van der Waals surface area contributed by atoms with Crippen LogP contribution in [0.4, 0.5) is 10.2 Å². The lowest BCUT2D eigenvalue weighted by Gasteiger charge is -2.03. The smallest absolute Gasteiger partial charge is 0.259 e. The Morgan fingerprint density at radius 2 is 2.16 bits per heavy atom. The molecular formula is C13H14FN3O2. The number of benzene rings is 1. The monoisotopic (exact) mass is 263 g/mol. The molecule has 6 heteroatoms. The summed E-state index contributed by atoms with van der Waals surface area (Å²) in [6, 6.07) is 5.05. The van der Waals surface area contributed by atoms with Crippen LogP contribution in [0.5, 0.6) is 5.75 Å². The summed E-state index contributed by atoms with van der Waals surface area (Å²) in [5.74, 6) is -1.03. The first-order valence-electron chi connectivity index (χ1n) is 5.82. The maximum Gasteiger partial charge on any atom is 0.259 e. The molecule has 1 aromatic carbocycles. The molecule has 1 aromatic heterocycles. The number of H-pyrrole nitrogens is 1. The van der Waals surface area contributed by atoms with Crippen molar-refractivity contribution in [2.75, 3.05) is 5.32 Å². The van der Waals surface area contributed by atoms with Gasteiger partial charge in [0.2, 0.25) is 0 Å². The number of carbonyl (C=O) groups is 1. The number of aromatic nitrogens is 2. The zero-order valence-corrected chi connectivity index (χ0v) is 10.6. The first kappa shape index (κ1) is 13.1. The van der Waals surface area contributed by atoms with Crippen LogP contribution in [-0.2, 0) is 0 Å². The van der Waals surface area contributed by atoms with E-state index in [0.29, 0.717) is 5.82 Å². The fourth-order valence-electron chi connectivity index (χ4n) is 1.57. The van der Waals surface area contributed by atoms with Gasteiger partial charge in [-0.3, -0.25) is 9.89 Å². The van der Waals surface area contributed by atoms with E-state index in [1.165, 1.54) is 12.1 Å². The molecule has 0 aliphatic rings. The quantitative estimate of drug-likeness (QED) is 0.796. The number of phenolic OH excluding ortho intramolecular Hbond substituents is 1. The number of anilines is 1. The molecule has 100 valence electrons. The predicted octanol–water partition coefficient (Wildman–Crippen LogP) is 2.63. The number of hydrogen-bond donors (Lipinski definition) is 3. The molecule has 0 unspecified atom stereocenters. The van der Waals surface area contributed by atoms with Crippen molar-refractivity contribution in [2.24, 2.45) is 0 Å². The van der Waals surface area contributed by atoms with Gasteiger partial charge in [-0.1, -0.05) is 13.8 Å². The van der Waals surface area contributed by atoms with E-state index in [9.17, 15) is 9.18 Å². The number of phenols is 1. The van der Waals surface area contributed by atoms with Crippen LogP contribution in [0.2, 0.25) is 0 Å². The molecule has 0 atom stereocenters. The second-order valence-electron chi connectivity index (χ2n) is 4.48. The van der Waals surface area contributed by atoms with Gasteiger partial charge < -0.3 is 10.4 Å². The zero-order valence-electron chi connectivity index (χ0n) is 10.6. The fraction of sp³-hybridized carbons (Fsp3) is 0.231. The average molecular weight is 263 g/mol. The number of halogens is 1. The highest BCUT2D eigenvalue weighted by molar-refractivity contribution is 6.04. The van der Waals surface area contributed by atoms with E-state index in [2.05, 4.69) is 15.5 Å². The molecule has 19 heavy (non-hydrogen) atoms. The summed E-state index contributed by atoms with van der Waals surface area (Å²) in [6.45, 7) is 3.97. The minimum Gasteiger partial charge on any atom is -0.508 e. The molecule has 0 saturated heterocycles. The zero-order chi connectivity index (χ0) is 14.0. The van der Waals surface area contributed by atoms with Crippen molar-refractivity contribution in [1.82, 2.24) is 10.2 Å². The summed E-state index contributed by atoms with van der Waals surface area (Å²) in [6.07, 6.45) is 0. The number of hydrogen-bond acceptors (Lipinski definition) is 3. The molecule has 0 spiro atoms. The second-order valence-corrected chi connectivity index (χ2v) is 4.48. The highest BCUT2D eigenvalue weighted by Gasteiger charge is 2.14. The van der Waals surface area contributed by atoms with Crippen LogP contribution < -0.4 is 5.32 Å². The molecule has 3 N–H and O–H groups in total. The lowest BCUT2D eigenvalue weighted by atomic mass is 10.1. The van der Waals surface area contributed by atoms with Gasteiger partial charge in [0.05, 0.1) is 5.56 Å². The van der Waals surface area contributed by atoms with Gasteiger partial charge in [0.25, 0.3) is 5.91 Å². The minimum absolute atomic E-state index is 0.146.